The van der Waals surface area contributed by atoms with Crippen LogP contribution in [0.1, 0.15) is 21.6 Å². The maximum atomic E-state index is 12.5. The van der Waals surface area contributed by atoms with Gasteiger partial charge in [0.15, 0.2) is 0 Å². The molecule has 110 valence electrons. The first-order chi connectivity index (χ1) is 9.81. The monoisotopic (exact) mass is 295 g/mol. The molecule has 2 aromatic rings. The minimum Gasteiger partial charge on any atom is -0.465 e. The van der Waals surface area contributed by atoms with Crippen LogP contribution in [0.4, 0.5) is 13.2 Å². The van der Waals surface area contributed by atoms with Crippen molar-refractivity contribution in [1.82, 2.24) is 4.98 Å². The molecule has 0 N–H and O–H groups in total. The molecule has 2 rings (SSSR count). The number of aryl methyl sites for hydroxylation is 1. The van der Waals surface area contributed by atoms with Gasteiger partial charge in [-0.15, -0.1) is 0 Å². The van der Waals surface area contributed by atoms with E-state index < -0.39 is 17.7 Å². The lowest BCUT2D eigenvalue weighted by Crippen LogP contribution is -2.05. The molecule has 6 heteroatoms. The summed E-state index contributed by atoms with van der Waals surface area (Å²) in [6.07, 6.45) is -4.38. The molecule has 0 atom stereocenters. The summed E-state index contributed by atoms with van der Waals surface area (Å²) in [5.74, 6) is -0.520. The van der Waals surface area contributed by atoms with Crippen molar-refractivity contribution in [3.63, 3.8) is 0 Å². The molecule has 0 fully saturated rings. The molecule has 0 aliphatic heterocycles. The summed E-state index contributed by atoms with van der Waals surface area (Å²) in [6.45, 7) is 1.69. The second-order valence-electron chi connectivity index (χ2n) is 4.45. The van der Waals surface area contributed by atoms with Gasteiger partial charge < -0.3 is 4.74 Å². The fourth-order valence-corrected chi connectivity index (χ4v) is 1.88. The largest absolute Gasteiger partial charge is 0.465 e. The fraction of sp³-hybridized carbons (Fsp3) is 0.200. The zero-order valence-corrected chi connectivity index (χ0v) is 11.4. The summed E-state index contributed by atoms with van der Waals surface area (Å²) in [5.41, 5.74) is 1.07. The molecule has 0 aliphatic carbocycles. The molecular formula is C15H12F3NO2. The molecule has 0 spiro atoms. The number of hydrogen-bond acceptors (Lipinski definition) is 3. The van der Waals surface area contributed by atoms with Gasteiger partial charge in [-0.1, -0.05) is 12.1 Å². The van der Waals surface area contributed by atoms with Gasteiger partial charge in [0.2, 0.25) is 0 Å². The second kappa shape index (κ2) is 5.55. The zero-order valence-electron chi connectivity index (χ0n) is 11.4. The van der Waals surface area contributed by atoms with Crippen molar-refractivity contribution in [2.75, 3.05) is 7.11 Å². The zero-order chi connectivity index (χ0) is 15.6. The molecule has 1 aromatic carbocycles. The number of hydrogen-bond donors (Lipinski definition) is 0. The number of carbonyl (C=O) groups is 1. The lowest BCUT2D eigenvalue weighted by molar-refractivity contribution is -0.137. The van der Waals surface area contributed by atoms with Gasteiger partial charge in [-0.25, -0.2) is 4.79 Å². The Balaban J connectivity index is 2.42. The minimum atomic E-state index is -4.38. The van der Waals surface area contributed by atoms with Crippen LogP contribution in [0.25, 0.3) is 11.3 Å². The number of nitrogens with zero attached hydrogens (tertiary/aromatic N) is 1. The Kier molecular flexibility index (Phi) is 3.97. The molecule has 0 saturated carbocycles. The first kappa shape index (κ1) is 15.0. The number of ether oxygens (including phenoxy) is 1. The maximum absolute atomic E-state index is 12.5. The van der Waals surface area contributed by atoms with E-state index in [2.05, 4.69) is 9.72 Å². The van der Waals surface area contributed by atoms with Crippen LogP contribution >= 0.6 is 0 Å². The Labute approximate surface area is 119 Å². The van der Waals surface area contributed by atoms with Crippen LogP contribution < -0.4 is 0 Å². The third-order valence-corrected chi connectivity index (χ3v) is 2.88. The number of methoxy groups -OCH3 is 1. The van der Waals surface area contributed by atoms with Crippen molar-refractivity contribution in [2.45, 2.75) is 13.1 Å². The Morgan fingerprint density at radius 1 is 1.14 bits per heavy atom. The fourth-order valence-electron chi connectivity index (χ4n) is 1.88. The average molecular weight is 295 g/mol. The summed E-state index contributed by atoms with van der Waals surface area (Å²) < 4.78 is 42.2. The van der Waals surface area contributed by atoms with Crippen LogP contribution in [0, 0.1) is 6.92 Å². The standard InChI is InChI=1S/C15H12F3NO2/c1-9-7-11(14(20)21-2)8-13(19-9)10-3-5-12(6-4-10)15(16,17)18/h3-8H,1-2H3. The summed E-state index contributed by atoms with van der Waals surface area (Å²) >= 11 is 0. The molecule has 0 saturated heterocycles. The summed E-state index contributed by atoms with van der Waals surface area (Å²) in [7, 11) is 1.26. The predicted octanol–water partition coefficient (Wildman–Crippen LogP) is 3.86. The summed E-state index contributed by atoms with van der Waals surface area (Å²) in [5, 5.41) is 0. The van der Waals surface area contributed by atoms with Gasteiger partial charge in [0.25, 0.3) is 0 Å². The van der Waals surface area contributed by atoms with E-state index in [1.165, 1.54) is 25.3 Å². The quantitative estimate of drug-likeness (QED) is 0.790. The van der Waals surface area contributed by atoms with Crippen LogP contribution in [0.3, 0.4) is 0 Å². The van der Waals surface area contributed by atoms with Crippen molar-refractivity contribution in [3.05, 3.63) is 53.2 Å². The lowest BCUT2D eigenvalue weighted by Gasteiger charge is -2.09. The highest BCUT2D eigenvalue weighted by atomic mass is 19.4. The molecule has 1 aromatic heterocycles. The smallest absolute Gasteiger partial charge is 0.416 e. The summed E-state index contributed by atoms with van der Waals surface area (Å²) in [6, 6.07) is 7.66. The van der Waals surface area contributed by atoms with Crippen molar-refractivity contribution in [2.24, 2.45) is 0 Å². The molecule has 0 unspecified atom stereocenters. The van der Waals surface area contributed by atoms with Crippen molar-refractivity contribution in [3.8, 4) is 11.3 Å². The number of aromatic nitrogens is 1. The number of esters is 1. The Hall–Kier alpha value is -2.37. The number of benzene rings is 1. The van der Waals surface area contributed by atoms with Crippen LogP contribution in [-0.4, -0.2) is 18.1 Å². The highest BCUT2D eigenvalue weighted by Crippen LogP contribution is 2.30. The third-order valence-electron chi connectivity index (χ3n) is 2.88. The van der Waals surface area contributed by atoms with E-state index in [0.29, 0.717) is 22.5 Å². The van der Waals surface area contributed by atoms with Gasteiger partial charge >= 0.3 is 12.1 Å². The number of rotatable bonds is 2. The number of alkyl halides is 3. The van der Waals surface area contributed by atoms with Gasteiger partial charge in [0, 0.05) is 11.3 Å². The molecule has 21 heavy (non-hydrogen) atoms. The van der Waals surface area contributed by atoms with Crippen molar-refractivity contribution < 1.29 is 22.7 Å². The number of carbonyl (C=O) groups excluding carboxylic acids is 1. The predicted molar refractivity (Wildman–Crippen MR) is 70.8 cm³/mol. The average Bonchev–Trinajstić information content (AvgIpc) is 2.45. The van der Waals surface area contributed by atoms with Gasteiger partial charge in [-0.05, 0) is 31.2 Å². The van der Waals surface area contributed by atoms with E-state index in [0.717, 1.165) is 12.1 Å². The molecule has 0 aliphatic rings. The van der Waals surface area contributed by atoms with Crippen LogP contribution in [0.15, 0.2) is 36.4 Å². The van der Waals surface area contributed by atoms with Gasteiger partial charge in [-0.3, -0.25) is 4.98 Å². The second-order valence-corrected chi connectivity index (χ2v) is 4.45. The van der Waals surface area contributed by atoms with Crippen LogP contribution in [0.5, 0.6) is 0 Å². The highest BCUT2D eigenvalue weighted by Gasteiger charge is 2.30. The van der Waals surface area contributed by atoms with Crippen LogP contribution in [-0.2, 0) is 10.9 Å². The summed E-state index contributed by atoms with van der Waals surface area (Å²) in [4.78, 5) is 15.8. The van der Waals surface area contributed by atoms with Crippen molar-refractivity contribution in [1.29, 1.82) is 0 Å². The van der Waals surface area contributed by atoms with Gasteiger partial charge in [-0.2, -0.15) is 13.2 Å². The first-order valence-corrected chi connectivity index (χ1v) is 6.06. The van der Waals surface area contributed by atoms with E-state index in [1.807, 2.05) is 0 Å². The lowest BCUT2D eigenvalue weighted by atomic mass is 10.1. The van der Waals surface area contributed by atoms with E-state index in [9.17, 15) is 18.0 Å². The normalized spacial score (nSPS) is 11.3. The van der Waals surface area contributed by atoms with E-state index in [4.69, 9.17) is 0 Å². The van der Waals surface area contributed by atoms with Gasteiger partial charge in [0.05, 0.1) is 23.9 Å². The Morgan fingerprint density at radius 2 is 1.76 bits per heavy atom. The Bertz CT molecular complexity index is 664. The van der Waals surface area contributed by atoms with Crippen molar-refractivity contribution >= 4 is 5.97 Å². The molecule has 1 heterocycles. The SMILES string of the molecule is COC(=O)c1cc(C)nc(-c2ccc(C(F)(F)F)cc2)c1. The van der Waals surface area contributed by atoms with E-state index in [-0.39, 0.29) is 0 Å². The van der Waals surface area contributed by atoms with E-state index >= 15 is 0 Å². The molecule has 3 nitrogen and oxygen atoms in total. The molecular weight excluding hydrogens is 283 g/mol. The highest BCUT2D eigenvalue weighted by molar-refractivity contribution is 5.90. The molecule has 0 bridgehead atoms. The number of halogens is 3. The minimum absolute atomic E-state index is 0.305. The first-order valence-electron chi connectivity index (χ1n) is 6.06. The number of pyridine rings is 1. The van der Waals surface area contributed by atoms with Crippen LogP contribution in [0.2, 0.25) is 0 Å². The van der Waals surface area contributed by atoms with Gasteiger partial charge in [0.1, 0.15) is 0 Å². The third kappa shape index (κ3) is 3.39. The molecule has 0 amide bonds. The molecule has 0 radical (unpaired) electrons. The maximum Gasteiger partial charge on any atom is 0.416 e. The Morgan fingerprint density at radius 3 is 2.29 bits per heavy atom. The topological polar surface area (TPSA) is 39.2 Å². The van der Waals surface area contributed by atoms with E-state index in [1.54, 1.807) is 13.0 Å².